The van der Waals surface area contributed by atoms with Crippen molar-refractivity contribution in [3.05, 3.63) is 93.6 Å². The number of carbonyl (C=O) groups is 3. The normalized spacial score (nSPS) is 13.3. The van der Waals surface area contributed by atoms with E-state index in [1.54, 1.807) is 60.7 Å². The minimum Gasteiger partial charge on any atom is -0.494 e. The minimum absolute atomic E-state index is 0.0164. The molecular formula is C27H23Cl2N3O4. The molecule has 1 aliphatic rings. The van der Waals surface area contributed by atoms with Crippen LogP contribution in [0.25, 0.3) is 0 Å². The van der Waals surface area contributed by atoms with E-state index in [-0.39, 0.29) is 23.1 Å². The van der Waals surface area contributed by atoms with E-state index < -0.39 is 11.8 Å². The molecule has 4 rings (SSSR count). The van der Waals surface area contributed by atoms with E-state index in [0.29, 0.717) is 34.4 Å². The van der Waals surface area contributed by atoms with Crippen LogP contribution in [0.15, 0.2) is 77.5 Å². The van der Waals surface area contributed by atoms with Crippen LogP contribution in [0.3, 0.4) is 0 Å². The zero-order valence-corrected chi connectivity index (χ0v) is 21.1. The van der Waals surface area contributed by atoms with Crippen molar-refractivity contribution in [3.63, 3.8) is 0 Å². The number of nitrogens with zero attached hydrogens (tertiary/aromatic N) is 1. The zero-order chi connectivity index (χ0) is 25.8. The highest BCUT2D eigenvalue weighted by molar-refractivity contribution is 6.53. The standard InChI is InChI=1S/C27H23Cl2N3O4/c1-3-36-21-12-10-20(11-13-21)32-26(34)24(29)25(27(32)35)31-18-8-5-17(6-9-18)14-23(33)30-19-7-4-16(2)22(28)15-19/h4-13,15,31H,3,14H2,1-2H3,(H,30,33). The van der Waals surface area contributed by atoms with Crippen molar-refractivity contribution >= 4 is 58.0 Å². The molecule has 3 aromatic carbocycles. The summed E-state index contributed by atoms with van der Waals surface area (Å²) in [6.45, 7) is 4.26. The van der Waals surface area contributed by atoms with Gasteiger partial charge in [-0.1, -0.05) is 41.4 Å². The van der Waals surface area contributed by atoms with Crippen LogP contribution in [0.4, 0.5) is 17.1 Å². The van der Waals surface area contributed by atoms with Crippen molar-refractivity contribution in [3.8, 4) is 5.75 Å². The largest absolute Gasteiger partial charge is 0.494 e. The Morgan fingerprint density at radius 2 is 1.58 bits per heavy atom. The summed E-state index contributed by atoms with van der Waals surface area (Å²) < 4.78 is 5.40. The van der Waals surface area contributed by atoms with Crippen LogP contribution in [0.5, 0.6) is 5.75 Å². The van der Waals surface area contributed by atoms with Gasteiger partial charge in [0.05, 0.1) is 18.7 Å². The van der Waals surface area contributed by atoms with Crippen molar-refractivity contribution in [2.24, 2.45) is 0 Å². The summed E-state index contributed by atoms with van der Waals surface area (Å²) in [7, 11) is 0. The number of ether oxygens (including phenoxy) is 1. The Balaban J connectivity index is 1.40. The van der Waals surface area contributed by atoms with Crippen LogP contribution in [0, 0.1) is 6.92 Å². The molecular weight excluding hydrogens is 501 g/mol. The third-order valence-corrected chi connectivity index (χ3v) is 6.23. The van der Waals surface area contributed by atoms with Crippen LogP contribution in [-0.2, 0) is 20.8 Å². The molecule has 0 unspecified atom stereocenters. The van der Waals surface area contributed by atoms with Gasteiger partial charge in [0.2, 0.25) is 5.91 Å². The van der Waals surface area contributed by atoms with Gasteiger partial charge in [-0.25, -0.2) is 4.90 Å². The third-order valence-electron chi connectivity index (χ3n) is 5.48. The summed E-state index contributed by atoms with van der Waals surface area (Å²) in [5, 5.41) is 6.13. The molecule has 0 spiro atoms. The molecule has 9 heteroatoms. The van der Waals surface area contributed by atoms with E-state index in [4.69, 9.17) is 27.9 Å². The highest BCUT2D eigenvalue weighted by Crippen LogP contribution is 2.31. The van der Waals surface area contributed by atoms with Crippen molar-refractivity contribution in [2.75, 3.05) is 22.1 Å². The number of halogens is 2. The summed E-state index contributed by atoms with van der Waals surface area (Å²) in [6.07, 6.45) is 0.151. The fourth-order valence-electron chi connectivity index (χ4n) is 3.62. The van der Waals surface area contributed by atoms with Crippen LogP contribution in [0.1, 0.15) is 18.1 Å². The minimum atomic E-state index is -0.613. The van der Waals surface area contributed by atoms with Crippen molar-refractivity contribution in [1.82, 2.24) is 0 Å². The first-order chi connectivity index (χ1) is 17.3. The number of benzene rings is 3. The molecule has 1 heterocycles. The van der Waals surface area contributed by atoms with Crippen LogP contribution in [-0.4, -0.2) is 24.3 Å². The molecule has 36 heavy (non-hydrogen) atoms. The van der Waals surface area contributed by atoms with Gasteiger partial charge >= 0.3 is 0 Å². The first-order valence-electron chi connectivity index (χ1n) is 11.2. The second kappa shape index (κ2) is 10.8. The van der Waals surface area contributed by atoms with Crippen molar-refractivity contribution in [2.45, 2.75) is 20.3 Å². The van der Waals surface area contributed by atoms with Crippen LogP contribution < -0.4 is 20.3 Å². The first kappa shape index (κ1) is 25.3. The number of imide groups is 1. The summed E-state index contributed by atoms with van der Waals surface area (Å²) >= 11 is 12.3. The molecule has 0 radical (unpaired) electrons. The molecule has 3 amide bonds. The monoisotopic (exact) mass is 523 g/mol. The Kier molecular flexibility index (Phi) is 7.62. The number of rotatable bonds is 8. The van der Waals surface area contributed by atoms with Gasteiger partial charge in [0.15, 0.2) is 0 Å². The molecule has 1 aliphatic heterocycles. The molecule has 0 saturated heterocycles. The lowest BCUT2D eigenvalue weighted by Gasteiger charge is -2.15. The molecule has 0 aliphatic carbocycles. The van der Waals surface area contributed by atoms with E-state index in [1.165, 1.54) is 0 Å². The average molecular weight is 524 g/mol. The molecule has 3 aromatic rings. The van der Waals surface area contributed by atoms with Gasteiger partial charge in [0.1, 0.15) is 16.5 Å². The van der Waals surface area contributed by atoms with Crippen molar-refractivity contribution < 1.29 is 19.1 Å². The highest BCUT2D eigenvalue weighted by Gasteiger charge is 2.38. The maximum atomic E-state index is 13.0. The topological polar surface area (TPSA) is 87.7 Å². The van der Waals surface area contributed by atoms with E-state index in [0.717, 1.165) is 16.0 Å². The van der Waals surface area contributed by atoms with Gasteiger partial charge in [0.25, 0.3) is 11.8 Å². The van der Waals surface area contributed by atoms with Gasteiger partial charge in [-0.15, -0.1) is 0 Å². The third kappa shape index (κ3) is 5.53. The number of amides is 3. The predicted molar refractivity (Wildman–Crippen MR) is 142 cm³/mol. The van der Waals surface area contributed by atoms with E-state index >= 15 is 0 Å². The Labute approximate surface area is 218 Å². The lowest BCUT2D eigenvalue weighted by Crippen LogP contribution is -2.32. The number of carbonyl (C=O) groups excluding carboxylic acids is 3. The quantitative estimate of drug-likeness (QED) is 0.371. The van der Waals surface area contributed by atoms with Gasteiger partial charge < -0.3 is 15.4 Å². The molecule has 0 bridgehead atoms. The summed E-state index contributed by atoms with van der Waals surface area (Å²) in [4.78, 5) is 39.1. The van der Waals surface area contributed by atoms with Gasteiger partial charge in [-0.2, -0.15) is 0 Å². The summed E-state index contributed by atoms with van der Waals surface area (Å²) in [5.41, 5.74) is 3.24. The lowest BCUT2D eigenvalue weighted by atomic mass is 10.1. The molecule has 184 valence electrons. The zero-order valence-electron chi connectivity index (χ0n) is 19.6. The molecule has 0 saturated carbocycles. The number of hydrogen-bond acceptors (Lipinski definition) is 5. The maximum Gasteiger partial charge on any atom is 0.283 e. The van der Waals surface area contributed by atoms with Crippen LogP contribution in [0.2, 0.25) is 5.02 Å². The molecule has 0 fully saturated rings. The smallest absolute Gasteiger partial charge is 0.283 e. The van der Waals surface area contributed by atoms with Gasteiger partial charge in [-0.3, -0.25) is 14.4 Å². The van der Waals surface area contributed by atoms with E-state index in [9.17, 15) is 14.4 Å². The predicted octanol–water partition coefficient (Wildman–Crippen LogP) is 5.66. The Morgan fingerprint density at radius 1 is 0.917 bits per heavy atom. The first-order valence-corrected chi connectivity index (χ1v) is 12.0. The number of aryl methyl sites for hydroxylation is 1. The Morgan fingerprint density at radius 3 is 2.22 bits per heavy atom. The van der Waals surface area contributed by atoms with E-state index in [1.807, 2.05) is 19.9 Å². The van der Waals surface area contributed by atoms with E-state index in [2.05, 4.69) is 10.6 Å². The number of hydrogen-bond donors (Lipinski definition) is 2. The average Bonchev–Trinajstić information content (AvgIpc) is 3.06. The SMILES string of the molecule is CCOc1ccc(N2C(=O)C(Cl)=C(Nc3ccc(CC(=O)Nc4ccc(C)c(Cl)c4)cc3)C2=O)cc1. The fourth-order valence-corrected chi connectivity index (χ4v) is 4.01. The van der Waals surface area contributed by atoms with Gasteiger partial charge in [-0.05, 0) is 73.5 Å². The number of anilines is 3. The Hall–Kier alpha value is -3.81. The second-order valence-electron chi connectivity index (χ2n) is 8.07. The highest BCUT2D eigenvalue weighted by atomic mass is 35.5. The molecule has 0 atom stereocenters. The molecule has 2 N–H and O–H groups in total. The summed E-state index contributed by atoms with van der Waals surface area (Å²) in [6, 6.07) is 18.9. The maximum absolute atomic E-state index is 13.0. The van der Waals surface area contributed by atoms with Crippen molar-refractivity contribution in [1.29, 1.82) is 0 Å². The lowest BCUT2D eigenvalue weighted by molar-refractivity contribution is -0.120. The Bertz CT molecular complexity index is 1350. The second-order valence-corrected chi connectivity index (χ2v) is 8.86. The molecule has 0 aromatic heterocycles. The fraction of sp³-hybridized carbons (Fsp3) is 0.148. The van der Waals surface area contributed by atoms with Gasteiger partial charge in [0, 0.05) is 16.4 Å². The molecule has 7 nitrogen and oxygen atoms in total. The number of nitrogens with one attached hydrogen (secondary N) is 2. The summed E-state index contributed by atoms with van der Waals surface area (Å²) in [5.74, 6) is -0.731. The van der Waals surface area contributed by atoms with Crippen LogP contribution >= 0.6 is 23.2 Å².